The fourth-order valence-electron chi connectivity index (χ4n) is 2.25. The van der Waals surface area contributed by atoms with Crippen LogP contribution in [0.25, 0.3) is 0 Å². The second kappa shape index (κ2) is 6.00. The van der Waals surface area contributed by atoms with Crippen molar-refractivity contribution >= 4 is 11.8 Å². The van der Waals surface area contributed by atoms with E-state index in [-0.39, 0.29) is 0 Å². The number of piperidine rings is 1. The molecule has 0 radical (unpaired) electrons. The van der Waals surface area contributed by atoms with Crippen molar-refractivity contribution in [3.63, 3.8) is 0 Å². The minimum atomic E-state index is 0.673. The Hall–Kier alpha value is -1.36. The van der Waals surface area contributed by atoms with Gasteiger partial charge in [0, 0.05) is 25.4 Å². The monoisotopic (exact) mass is 249 g/mol. The molecule has 0 spiro atoms. The number of nitrogens with one attached hydrogen (secondary N) is 2. The molecule has 1 aromatic rings. The summed E-state index contributed by atoms with van der Waals surface area (Å²) in [4.78, 5) is 11.0. The first-order chi connectivity index (χ1) is 8.69. The first-order valence-electron chi connectivity index (χ1n) is 6.63. The van der Waals surface area contributed by atoms with Gasteiger partial charge in [-0.3, -0.25) is 0 Å². The van der Waals surface area contributed by atoms with Crippen molar-refractivity contribution < 1.29 is 0 Å². The lowest BCUT2D eigenvalue weighted by atomic mass is 9.97. The summed E-state index contributed by atoms with van der Waals surface area (Å²) in [5.74, 6) is 2.38. The molecule has 2 heterocycles. The van der Waals surface area contributed by atoms with E-state index in [1.807, 2.05) is 20.2 Å². The molecule has 1 fully saturated rings. The largest absolute Gasteiger partial charge is 0.369 e. The number of aryl methyl sites for hydroxylation is 1. The van der Waals surface area contributed by atoms with Crippen molar-refractivity contribution in [1.29, 1.82) is 0 Å². The smallest absolute Gasteiger partial charge is 0.224 e. The molecule has 0 aromatic carbocycles. The Balaban J connectivity index is 1.89. The van der Waals surface area contributed by atoms with Crippen molar-refractivity contribution in [1.82, 2.24) is 14.9 Å². The van der Waals surface area contributed by atoms with Crippen molar-refractivity contribution in [2.75, 3.05) is 44.4 Å². The van der Waals surface area contributed by atoms with Gasteiger partial charge in [-0.25, -0.2) is 4.98 Å². The van der Waals surface area contributed by atoms with Gasteiger partial charge in [0.05, 0.1) is 0 Å². The van der Waals surface area contributed by atoms with E-state index in [0.29, 0.717) is 5.95 Å². The van der Waals surface area contributed by atoms with E-state index in [2.05, 4.69) is 32.5 Å². The molecule has 0 atom stereocenters. The lowest BCUT2D eigenvalue weighted by molar-refractivity contribution is 0.226. The summed E-state index contributed by atoms with van der Waals surface area (Å²) in [5, 5.41) is 6.43. The zero-order valence-electron chi connectivity index (χ0n) is 11.5. The van der Waals surface area contributed by atoms with Crippen LogP contribution in [0.1, 0.15) is 18.4 Å². The molecule has 0 amide bonds. The topological polar surface area (TPSA) is 53.1 Å². The lowest BCUT2D eigenvalue weighted by Gasteiger charge is -2.29. The molecule has 18 heavy (non-hydrogen) atoms. The maximum atomic E-state index is 4.45. The average molecular weight is 249 g/mol. The van der Waals surface area contributed by atoms with Crippen LogP contribution in [0.2, 0.25) is 0 Å². The number of rotatable bonds is 4. The molecule has 0 bridgehead atoms. The summed E-state index contributed by atoms with van der Waals surface area (Å²) in [6.07, 6.45) is 4.40. The van der Waals surface area contributed by atoms with Gasteiger partial charge in [-0.2, -0.15) is 4.98 Å². The molecule has 2 rings (SSSR count). The normalized spacial score (nSPS) is 17.7. The molecule has 1 saturated heterocycles. The third-order valence-corrected chi connectivity index (χ3v) is 3.59. The van der Waals surface area contributed by atoms with Crippen LogP contribution in [0.4, 0.5) is 11.8 Å². The Bertz CT molecular complexity index is 385. The zero-order valence-corrected chi connectivity index (χ0v) is 11.5. The molecule has 5 heteroatoms. The van der Waals surface area contributed by atoms with E-state index in [9.17, 15) is 0 Å². The number of nitrogens with zero attached hydrogens (tertiary/aromatic N) is 3. The predicted octanol–water partition coefficient (Wildman–Crippen LogP) is 1.58. The quantitative estimate of drug-likeness (QED) is 0.848. The first-order valence-corrected chi connectivity index (χ1v) is 6.63. The standard InChI is InChI=1S/C13H23N5/c1-10-8-16-13(14-2)17-12(10)15-9-11-4-6-18(3)7-5-11/h8,11H,4-7,9H2,1-3H3,(H2,14,15,16,17). The summed E-state index contributed by atoms with van der Waals surface area (Å²) < 4.78 is 0. The summed E-state index contributed by atoms with van der Waals surface area (Å²) in [6, 6.07) is 0. The summed E-state index contributed by atoms with van der Waals surface area (Å²) in [5.41, 5.74) is 1.10. The van der Waals surface area contributed by atoms with E-state index in [4.69, 9.17) is 0 Å². The molecule has 2 N–H and O–H groups in total. The van der Waals surface area contributed by atoms with Crippen molar-refractivity contribution in [2.24, 2.45) is 5.92 Å². The Morgan fingerprint density at radius 2 is 2.11 bits per heavy atom. The summed E-state index contributed by atoms with van der Waals surface area (Å²) in [6.45, 7) is 5.46. The first kappa shape index (κ1) is 13.1. The van der Waals surface area contributed by atoms with Gasteiger partial charge in [0.2, 0.25) is 5.95 Å². The molecule has 0 saturated carbocycles. The van der Waals surface area contributed by atoms with Gasteiger partial charge in [0.25, 0.3) is 0 Å². The number of aromatic nitrogens is 2. The maximum Gasteiger partial charge on any atom is 0.224 e. The van der Waals surface area contributed by atoms with Gasteiger partial charge in [-0.05, 0) is 45.8 Å². The lowest BCUT2D eigenvalue weighted by Crippen LogP contribution is -2.33. The third-order valence-electron chi connectivity index (χ3n) is 3.59. The predicted molar refractivity (Wildman–Crippen MR) is 75.0 cm³/mol. The Morgan fingerprint density at radius 1 is 1.39 bits per heavy atom. The van der Waals surface area contributed by atoms with E-state index in [0.717, 1.165) is 23.8 Å². The molecule has 1 aromatic heterocycles. The van der Waals surface area contributed by atoms with Crippen molar-refractivity contribution in [3.8, 4) is 0 Å². The average Bonchev–Trinajstić information content (AvgIpc) is 2.40. The van der Waals surface area contributed by atoms with Gasteiger partial charge in [0.15, 0.2) is 0 Å². The molecule has 5 nitrogen and oxygen atoms in total. The molecule has 0 aliphatic carbocycles. The molecular weight excluding hydrogens is 226 g/mol. The second-order valence-corrected chi connectivity index (χ2v) is 5.10. The fourth-order valence-corrected chi connectivity index (χ4v) is 2.25. The number of hydrogen-bond acceptors (Lipinski definition) is 5. The highest BCUT2D eigenvalue weighted by Crippen LogP contribution is 2.18. The Kier molecular flexibility index (Phi) is 4.36. The van der Waals surface area contributed by atoms with E-state index < -0.39 is 0 Å². The van der Waals surface area contributed by atoms with E-state index >= 15 is 0 Å². The van der Waals surface area contributed by atoms with Gasteiger partial charge in [0.1, 0.15) is 5.82 Å². The zero-order chi connectivity index (χ0) is 13.0. The molecule has 100 valence electrons. The number of likely N-dealkylation sites (tertiary alicyclic amines) is 1. The molecular formula is C13H23N5. The fraction of sp³-hybridized carbons (Fsp3) is 0.692. The van der Waals surface area contributed by atoms with Gasteiger partial charge >= 0.3 is 0 Å². The van der Waals surface area contributed by atoms with Crippen LogP contribution in [0.5, 0.6) is 0 Å². The van der Waals surface area contributed by atoms with Gasteiger partial charge in [-0.15, -0.1) is 0 Å². The van der Waals surface area contributed by atoms with Crippen LogP contribution < -0.4 is 10.6 Å². The third kappa shape index (κ3) is 3.32. The van der Waals surface area contributed by atoms with Crippen molar-refractivity contribution in [2.45, 2.75) is 19.8 Å². The number of anilines is 2. The van der Waals surface area contributed by atoms with Crippen LogP contribution in [0.3, 0.4) is 0 Å². The highest BCUT2D eigenvalue weighted by Gasteiger charge is 2.16. The second-order valence-electron chi connectivity index (χ2n) is 5.10. The van der Waals surface area contributed by atoms with Crippen LogP contribution >= 0.6 is 0 Å². The molecule has 1 aliphatic rings. The SMILES string of the molecule is CNc1ncc(C)c(NCC2CCN(C)CC2)n1. The minimum absolute atomic E-state index is 0.673. The summed E-state index contributed by atoms with van der Waals surface area (Å²) in [7, 11) is 4.03. The molecule has 0 unspecified atom stereocenters. The highest BCUT2D eigenvalue weighted by molar-refractivity contribution is 5.46. The van der Waals surface area contributed by atoms with E-state index in [1.165, 1.54) is 25.9 Å². The minimum Gasteiger partial charge on any atom is -0.369 e. The van der Waals surface area contributed by atoms with Crippen LogP contribution in [0, 0.1) is 12.8 Å². The maximum absolute atomic E-state index is 4.45. The highest BCUT2D eigenvalue weighted by atomic mass is 15.1. The van der Waals surface area contributed by atoms with Crippen LogP contribution in [-0.4, -0.2) is 48.6 Å². The van der Waals surface area contributed by atoms with Gasteiger partial charge < -0.3 is 15.5 Å². The molecule has 1 aliphatic heterocycles. The van der Waals surface area contributed by atoms with Gasteiger partial charge in [-0.1, -0.05) is 0 Å². The summed E-state index contributed by atoms with van der Waals surface area (Å²) >= 11 is 0. The Morgan fingerprint density at radius 3 is 2.78 bits per heavy atom. The van der Waals surface area contributed by atoms with Crippen LogP contribution in [-0.2, 0) is 0 Å². The van der Waals surface area contributed by atoms with Crippen LogP contribution in [0.15, 0.2) is 6.20 Å². The number of hydrogen-bond donors (Lipinski definition) is 2. The van der Waals surface area contributed by atoms with Crippen molar-refractivity contribution in [3.05, 3.63) is 11.8 Å². The van der Waals surface area contributed by atoms with E-state index in [1.54, 1.807) is 0 Å². The Labute approximate surface area is 109 Å².